The number of hydrogen-bond acceptors (Lipinski definition) is 4. The highest BCUT2D eigenvalue weighted by atomic mass is 16.2. The van der Waals surface area contributed by atoms with Gasteiger partial charge in [-0.25, -0.2) is 0 Å². The first-order valence-electron chi connectivity index (χ1n) is 8.69. The van der Waals surface area contributed by atoms with Crippen molar-refractivity contribution < 1.29 is 4.79 Å². The summed E-state index contributed by atoms with van der Waals surface area (Å²) in [7, 11) is 4.05. The molecular formula is C21H22N4O2. The van der Waals surface area contributed by atoms with E-state index >= 15 is 0 Å². The third-order valence-corrected chi connectivity index (χ3v) is 4.01. The Balaban J connectivity index is 1.69. The molecule has 0 bridgehead atoms. The summed E-state index contributed by atoms with van der Waals surface area (Å²) in [5, 5.41) is 7.03. The van der Waals surface area contributed by atoms with Gasteiger partial charge in [-0.15, -0.1) is 0 Å². The summed E-state index contributed by atoms with van der Waals surface area (Å²) < 4.78 is 1.23. The van der Waals surface area contributed by atoms with Crippen LogP contribution in [0.25, 0.3) is 5.69 Å². The van der Waals surface area contributed by atoms with Crippen LogP contribution in [0, 0.1) is 0 Å². The van der Waals surface area contributed by atoms with E-state index in [0.29, 0.717) is 12.2 Å². The summed E-state index contributed by atoms with van der Waals surface area (Å²) in [5.41, 5.74) is 2.75. The molecule has 0 unspecified atom stereocenters. The Morgan fingerprint density at radius 3 is 2.30 bits per heavy atom. The van der Waals surface area contributed by atoms with Crippen molar-refractivity contribution in [2.75, 3.05) is 14.1 Å². The van der Waals surface area contributed by atoms with Crippen LogP contribution in [0.3, 0.4) is 0 Å². The molecule has 2 aromatic carbocycles. The minimum absolute atomic E-state index is 0.197. The van der Waals surface area contributed by atoms with Crippen LogP contribution in [-0.4, -0.2) is 34.7 Å². The lowest BCUT2D eigenvalue weighted by molar-refractivity contribution is 0.0944. The first-order valence-corrected chi connectivity index (χ1v) is 8.69. The number of amides is 1. The Labute approximate surface area is 158 Å². The van der Waals surface area contributed by atoms with Crippen molar-refractivity contribution in [2.24, 2.45) is 0 Å². The first-order chi connectivity index (χ1) is 13.0. The molecule has 6 heteroatoms. The average molecular weight is 362 g/mol. The molecular weight excluding hydrogens is 340 g/mol. The van der Waals surface area contributed by atoms with Crippen molar-refractivity contribution in [3.8, 4) is 5.69 Å². The van der Waals surface area contributed by atoms with Gasteiger partial charge in [0.25, 0.3) is 11.5 Å². The number of benzene rings is 2. The summed E-state index contributed by atoms with van der Waals surface area (Å²) in [6.45, 7) is 1.27. The van der Waals surface area contributed by atoms with Crippen LogP contribution in [0.2, 0.25) is 0 Å². The monoisotopic (exact) mass is 362 g/mol. The van der Waals surface area contributed by atoms with Gasteiger partial charge in [0.1, 0.15) is 5.69 Å². The van der Waals surface area contributed by atoms with E-state index in [1.165, 1.54) is 22.4 Å². The molecule has 0 aliphatic heterocycles. The molecule has 0 fully saturated rings. The zero-order chi connectivity index (χ0) is 19.2. The minimum Gasteiger partial charge on any atom is -0.347 e. The Kier molecular flexibility index (Phi) is 5.78. The molecule has 0 spiro atoms. The average Bonchev–Trinajstić information content (AvgIpc) is 2.68. The van der Waals surface area contributed by atoms with Crippen molar-refractivity contribution in [1.29, 1.82) is 0 Å². The standard InChI is InChI=1S/C21H22N4O2/c1-24(2)15-17-10-8-16(9-11-17)14-22-21(27)19-12-13-20(26)25(23-19)18-6-4-3-5-7-18/h3-13H,14-15H2,1-2H3,(H,22,27). The van der Waals surface area contributed by atoms with Gasteiger partial charge in [0.15, 0.2) is 0 Å². The second-order valence-electron chi connectivity index (χ2n) is 6.54. The van der Waals surface area contributed by atoms with Gasteiger partial charge in [-0.1, -0.05) is 42.5 Å². The van der Waals surface area contributed by atoms with Gasteiger partial charge in [-0.2, -0.15) is 9.78 Å². The lowest BCUT2D eigenvalue weighted by Gasteiger charge is -2.11. The van der Waals surface area contributed by atoms with E-state index in [1.807, 2.05) is 44.4 Å². The number of carbonyl (C=O) groups excluding carboxylic acids is 1. The summed E-state index contributed by atoms with van der Waals surface area (Å²) in [4.78, 5) is 26.6. The number of rotatable bonds is 6. The summed E-state index contributed by atoms with van der Waals surface area (Å²) >= 11 is 0. The molecule has 1 amide bonds. The highest BCUT2D eigenvalue weighted by molar-refractivity contribution is 5.92. The molecule has 0 saturated heterocycles. The third kappa shape index (κ3) is 4.89. The fourth-order valence-corrected chi connectivity index (χ4v) is 2.69. The van der Waals surface area contributed by atoms with Gasteiger partial charge >= 0.3 is 0 Å². The fourth-order valence-electron chi connectivity index (χ4n) is 2.69. The van der Waals surface area contributed by atoms with E-state index in [-0.39, 0.29) is 17.2 Å². The quantitative estimate of drug-likeness (QED) is 0.730. The largest absolute Gasteiger partial charge is 0.347 e. The SMILES string of the molecule is CN(C)Cc1ccc(CNC(=O)c2ccc(=O)n(-c3ccccc3)n2)cc1. The smallest absolute Gasteiger partial charge is 0.272 e. The molecule has 3 rings (SSSR count). The van der Waals surface area contributed by atoms with Crippen molar-refractivity contribution >= 4 is 5.91 Å². The topological polar surface area (TPSA) is 67.2 Å². The fraction of sp³-hybridized carbons (Fsp3) is 0.190. The number of hydrogen-bond donors (Lipinski definition) is 1. The second-order valence-corrected chi connectivity index (χ2v) is 6.54. The van der Waals surface area contributed by atoms with E-state index in [9.17, 15) is 9.59 Å². The van der Waals surface area contributed by atoms with Crippen molar-refractivity contribution in [3.05, 3.63) is 93.9 Å². The number of carbonyl (C=O) groups is 1. The van der Waals surface area contributed by atoms with Crippen LogP contribution in [0.5, 0.6) is 0 Å². The Hall–Kier alpha value is -3.25. The van der Waals surface area contributed by atoms with Gasteiger partial charge < -0.3 is 10.2 Å². The minimum atomic E-state index is -0.322. The first kappa shape index (κ1) is 18.5. The van der Waals surface area contributed by atoms with Crippen LogP contribution >= 0.6 is 0 Å². The van der Waals surface area contributed by atoms with E-state index in [0.717, 1.165) is 12.1 Å². The molecule has 0 aliphatic carbocycles. The van der Waals surface area contributed by atoms with Gasteiger partial charge in [-0.05, 0) is 43.4 Å². The Morgan fingerprint density at radius 2 is 1.63 bits per heavy atom. The molecule has 1 heterocycles. The van der Waals surface area contributed by atoms with E-state index in [4.69, 9.17) is 0 Å². The van der Waals surface area contributed by atoms with Gasteiger partial charge in [0, 0.05) is 19.2 Å². The van der Waals surface area contributed by atoms with Crippen LogP contribution in [0.1, 0.15) is 21.6 Å². The molecule has 138 valence electrons. The van der Waals surface area contributed by atoms with Crippen LogP contribution in [0.15, 0.2) is 71.5 Å². The molecule has 27 heavy (non-hydrogen) atoms. The molecule has 1 aromatic heterocycles. The maximum Gasteiger partial charge on any atom is 0.272 e. The lowest BCUT2D eigenvalue weighted by Crippen LogP contribution is -2.28. The normalized spacial score (nSPS) is 10.8. The summed E-state index contributed by atoms with van der Waals surface area (Å²) in [6.07, 6.45) is 0. The van der Waals surface area contributed by atoms with Crippen LogP contribution in [-0.2, 0) is 13.1 Å². The number of para-hydroxylation sites is 1. The number of nitrogens with zero attached hydrogens (tertiary/aromatic N) is 3. The summed E-state index contributed by atoms with van der Waals surface area (Å²) in [5.74, 6) is -0.322. The zero-order valence-corrected chi connectivity index (χ0v) is 15.4. The molecule has 3 aromatic rings. The Morgan fingerprint density at radius 1 is 0.963 bits per heavy atom. The van der Waals surface area contributed by atoms with E-state index < -0.39 is 0 Å². The zero-order valence-electron chi connectivity index (χ0n) is 15.4. The molecule has 0 aliphatic rings. The van der Waals surface area contributed by atoms with E-state index in [1.54, 1.807) is 12.1 Å². The van der Waals surface area contributed by atoms with Crippen LogP contribution in [0.4, 0.5) is 0 Å². The molecule has 0 saturated carbocycles. The van der Waals surface area contributed by atoms with Crippen molar-refractivity contribution in [2.45, 2.75) is 13.1 Å². The van der Waals surface area contributed by atoms with Crippen LogP contribution < -0.4 is 10.9 Å². The van der Waals surface area contributed by atoms with Gasteiger partial charge in [0.05, 0.1) is 5.69 Å². The molecule has 6 nitrogen and oxygen atoms in total. The molecule has 1 N–H and O–H groups in total. The third-order valence-electron chi connectivity index (χ3n) is 4.01. The maximum atomic E-state index is 12.4. The van der Waals surface area contributed by atoms with Crippen molar-refractivity contribution in [3.63, 3.8) is 0 Å². The number of nitrogens with one attached hydrogen (secondary N) is 1. The second kappa shape index (κ2) is 8.42. The van der Waals surface area contributed by atoms with Gasteiger partial charge in [0.2, 0.25) is 0 Å². The highest BCUT2D eigenvalue weighted by Crippen LogP contribution is 2.07. The molecule has 0 atom stereocenters. The Bertz CT molecular complexity index is 963. The molecule has 0 radical (unpaired) electrons. The number of aromatic nitrogens is 2. The summed E-state index contributed by atoms with van der Waals surface area (Å²) in [6, 6.07) is 19.9. The van der Waals surface area contributed by atoms with Gasteiger partial charge in [-0.3, -0.25) is 9.59 Å². The van der Waals surface area contributed by atoms with Crippen molar-refractivity contribution in [1.82, 2.24) is 20.0 Å². The lowest BCUT2D eigenvalue weighted by atomic mass is 10.1. The highest BCUT2D eigenvalue weighted by Gasteiger charge is 2.10. The van der Waals surface area contributed by atoms with E-state index in [2.05, 4.69) is 27.4 Å². The predicted octanol–water partition coefficient (Wildman–Crippen LogP) is 2.22. The predicted molar refractivity (Wildman–Crippen MR) is 105 cm³/mol. The maximum absolute atomic E-state index is 12.4.